The fourth-order valence-electron chi connectivity index (χ4n) is 1.90. The molecule has 0 saturated carbocycles. The molecule has 0 fully saturated rings. The van der Waals surface area contributed by atoms with E-state index in [-0.39, 0.29) is 10.6 Å². The summed E-state index contributed by atoms with van der Waals surface area (Å²) < 4.78 is 25.9. The number of hydrogen-bond donors (Lipinski definition) is 0. The van der Waals surface area contributed by atoms with Gasteiger partial charge < -0.3 is 0 Å². The first-order valence-electron chi connectivity index (χ1n) is 5.76. The van der Waals surface area contributed by atoms with Crippen LogP contribution in [0.2, 0.25) is 0 Å². The largest absolute Gasteiger partial charge is 0.272 e. The summed E-state index contributed by atoms with van der Waals surface area (Å²) in [4.78, 5) is 14.2. The van der Waals surface area contributed by atoms with Crippen LogP contribution in [0.4, 0.5) is 5.69 Å². The Labute approximate surface area is 116 Å². The number of nitro benzene ring substituents is 1. The van der Waals surface area contributed by atoms with E-state index in [9.17, 15) is 18.5 Å². The molecule has 8 heteroatoms. The van der Waals surface area contributed by atoms with Gasteiger partial charge in [0.05, 0.1) is 15.5 Å². The van der Waals surface area contributed by atoms with Crippen LogP contribution < -0.4 is 0 Å². The van der Waals surface area contributed by atoms with Gasteiger partial charge in [-0.15, -0.1) is 0 Å². The van der Waals surface area contributed by atoms with E-state index in [4.69, 9.17) is 0 Å². The molecule has 7 nitrogen and oxygen atoms in total. The Hall–Kier alpha value is -2.22. The first-order chi connectivity index (χ1) is 9.25. The van der Waals surface area contributed by atoms with Gasteiger partial charge in [-0.2, -0.15) is 0 Å². The van der Waals surface area contributed by atoms with Gasteiger partial charge in [0.1, 0.15) is 6.33 Å². The summed E-state index contributed by atoms with van der Waals surface area (Å²) in [5.74, 6) is 0. The van der Waals surface area contributed by atoms with E-state index in [0.29, 0.717) is 16.8 Å². The zero-order chi connectivity index (χ0) is 15.1. The molecule has 0 aliphatic carbocycles. The van der Waals surface area contributed by atoms with Crippen molar-refractivity contribution < 1.29 is 13.3 Å². The van der Waals surface area contributed by atoms with Gasteiger partial charge in [-0.05, 0) is 32.4 Å². The quantitative estimate of drug-likeness (QED) is 0.637. The van der Waals surface area contributed by atoms with Crippen molar-refractivity contribution in [2.75, 3.05) is 0 Å². The second-order valence-electron chi connectivity index (χ2n) is 4.44. The lowest BCUT2D eigenvalue weighted by Crippen LogP contribution is -2.13. The van der Waals surface area contributed by atoms with Gasteiger partial charge >= 0.3 is 0 Å². The number of imidazole rings is 1. The normalized spacial score (nSPS) is 11.6. The first kappa shape index (κ1) is 14.2. The molecule has 0 amide bonds. The maximum Gasteiger partial charge on any atom is 0.272 e. The molecule has 2 aromatic rings. The monoisotopic (exact) mass is 295 g/mol. The Morgan fingerprint density at radius 2 is 1.85 bits per heavy atom. The molecule has 0 bridgehead atoms. The summed E-state index contributed by atoms with van der Waals surface area (Å²) >= 11 is 0. The number of hydrogen-bond acceptors (Lipinski definition) is 5. The summed E-state index contributed by atoms with van der Waals surface area (Å²) in [6.45, 7) is 4.77. The number of nitrogens with zero attached hydrogens (tertiary/aromatic N) is 3. The van der Waals surface area contributed by atoms with Gasteiger partial charge in [0.25, 0.3) is 15.7 Å². The summed E-state index contributed by atoms with van der Waals surface area (Å²) in [6, 6.07) is 2.46. The number of nitro groups is 1. The van der Waals surface area contributed by atoms with Crippen LogP contribution in [0.5, 0.6) is 0 Å². The molecule has 0 radical (unpaired) electrons. The molecule has 1 aromatic carbocycles. The lowest BCUT2D eigenvalue weighted by Gasteiger charge is -2.10. The van der Waals surface area contributed by atoms with Gasteiger partial charge in [-0.1, -0.05) is 0 Å². The molecular formula is C12H13N3O4S. The fraction of sp³-hybridized carbons (Fsp3) is 0.250. The summed E-state index contributed by atoms with van der Waals surface area (Å²) in [7, 11) is -3.78. The van der Waals surface area contributed by atoms with E-state index in [2.05, 4.69) is 4.98 Å². The van der Waals surface area contributed by atoms with Crippen LogP contribution in [0.1, 0.15) is 16.8 Å². The number of aromatic nitrogens is 2. The van der Waals surface area contributed by atoms with E-state index in [1.807, 2.05) is 0 Å². The predicted molar refractivity (Wildman–Crippen MR) is 72.1 cm³/mol. The molecule has 0 unspecified atom stereocenters. The van der Waals surface area contributed by atoms with E-state index in [1.165, 1.54) is 31.6 Å². The van der Waals surface area contributed by atoms with Gasteiger partial charge in [0.2, 0.25) is 0 Å². The van der Waals surface area contributed by atoms with Crippen molar-refractivity contribution in [3.05, 3.63) is 51.6 Å². The molecule has 20 heavy (non-hydrogen) atoms. The molecule has 1 aromatic heterocycles. The minimum Gasteiger partial charge on any atom is -0.258 e. The van der Waals surface area contributed by atoms with Crippen LogP contribution in [0.3, 0.4) is 0 Å². The molecule has 0 aliphatic rings. The van der Waals surface area contributed by atoms with E-state index in [1.54, 1.807) is 13.8 Å². The van der Waals surface area contributed by atoms with Crippen molar-refractivity contribution in [2.45, 2.75) is 25.7 Å². The highest BCUT2D eigenvalue weighted by Gasteiger charge is 2.24. The standard InChI is InChI=1S/C12H13N3O4S/c1-8-6-14(7-13-8)20(18,19)12-5-4-11(15(16)17)9(2)10(12)3/h4-7H,1-3H3. The molecule has 2 rings (SSSR count). The molecular weight excluding hydrogens is 282 g/mol. The summed E-state index contributed by atoms with van der Waals surface area (Å²) in [5, 5.41) is 10.8. The van der Waals surface area contributed by atoms with Crippen LogP contribution in [0, 0.1) is 30.9 Å². The van der Waals surface area contributed by atoms with Crippen LogP contribution in [0.15, 0.2) is 29.6 Å². The molecule has 106 valence electrons. The van der Waals surface area contributed by atoms with Crippen molar-refractivity contribution in [3.63, 3.8) is 0 Å². The van der Waals surface area contributed by atoms with Crippen LogP contribution >= 0.6 is 0 Å². The van der Waals surface area contributed by atoms with Crippen molar-refractivity contribution >= 4 is 15.7 Å². The second-order valence-corrected chi connectivity index (χ2v) is 6.25. The van der Waals surface area contributed by atoms with Crippen molar-refractivity contribution in [3.8, 4) is 0 Å². The third kappa shape index (κ3) is 2.18. The lowest BCUT2D eigenvalue weighted by molar-refractivity contribution is -0.385. The zero-order valence-corrected chi connectivity index (χ0v) is 12.0. The third-order valence-corrected chi connectivity index (χ3v) is 4.90. The topological polar surface area (TPSA) is 95.1 Å². The Morgan fingerprint density at radius 3 is 2.35 bits per heavy atom. The van der Waals surface area contributed by atoms with Gasteiger partial charge in [-0.25, -0.2) is 17.4 Å². The van der Waals surface area contributed by atoms with Gasteiger partial charge in [-0.3, -0.25) is 10.1 Å². The first-order valence-corrected chi connectivity index (χ1v) is 7.20. The van der Waals surface area contributed by atoms with Gasteiger partial charge in [0, 0.05) is 17.8 Å². The average molecular weight is 295 g/mol. The number of rotatable bonds is 3. The SMILES string of the molecule is Cc1cn(S(=O)(=O)c2ccc([N+](=O)[O-])c(C)c2C)cn1. The number of aryl methyl sites for hydroxylation is 1. The maximum absolute atomic E-state index is 12.5. The highest BCUT2D eigenvalue weighted by molar-refractivity contribution is 7.90. The predicted octanol–water partition coefficient (Wildman–Crippen LogP) is 1.95. The van der Waals surface area contributed by atoms with Crippen molar-refractivity contribution in [2.24, 2.45) is 0 Å². The Balaban J connectivity index is 2.65. The molecule has 0 aliphatic heterocycles. The number of benzene rings is 1. The third-order valence-electron chi connectivity index (χ3n) is 3.15. The smallest absolute Gasteiger partial charge is 0.258 e. The van der Waals surface area contributed by atoms with Crippen LogP contribution in [-0.4, -0.2) is 22.3 Å². The Morgan fingerprint density at radius 1 is 1.20 bits per heavy atom. The lowest BCUT2D eigenvalue weighted by atomic mass is 10.1. The molecule has 0 N–H and O–H groups in total. The molecule has 0 spiro atoms. The van der Waals surface area contributed by atoms with E-state index < -0.39 is 14.9 Å². The van der Waals surface area contributed by atoms with Gasteiger partial charge in [0.15, 0.2) is 0 Å². The highest BCUT2D eigenvalue weighted by atomic mass is 32.2. The summed E-state index contributed by atoms with van der Waals surface area (Å²) in [6.07, 6.45) is 2.60. The average Bonchev–Trinajstić information content (AvgIpc) is 2.79. The van der Waals surface area contributed by atoms with Crippen LogP contribution in [-0.2, 0) is 10.0 Å². The molecule has 0 saturated heterocycles. The van der Waals surface area contributed by atoms with Crippen LogP contribution in [0.25, 0.3) is 0 Å². The Bertz CT molecular complexity index is 793. The molecule has 0 atom stereocenters. The van der Waals surface area contributed by atoms with E-state index >= 15 is 0 Å². The zero-order valence-electron chi connectivity index (χ0n) is 11.2. The van der Waals surface area contributed by atoms with Crippen molar-refractivity contribution in [1.82, 2.24) is 8.96 Å². The maximum atomic E-state index is 12.5. The minimum absolute atomic E-state index is 0.0398. The Kier molecular flexibility index (Phi) is 3.34. The minimum atomic E-state index is -3.78. The highest BCUT2D eigenvalue weighted by Crippen LogP contribution is 2.28. The summed E-state index contributed by atoms with van der Waals surface area (Å²) in [5.41, 5.74) is 1.19. The van der Waals surface area contributed by atoms with E-state index in [0.717, 1.165) is 3.97 Å². The van der Waals surface area contributed by atoms with Crippen molar-refractivity contribution in [1.29, 1.82) is 0 Å². The molecule has 1 heterocycles. The fourth-order valence-corrected chi connectivity index (χ4v) is 3.37. The second kappa shape index (κ2) is 4.71.